The summed E-state index contributed by atoms with van der Waals surface area (Å²) in [6, 6.07) is 9.44. The van der Waals surface area contributed by atoms with Gasteiger partial charge in [-0.1, -0.05) is 25.1 Å². The fourth-order valence-electron chi connectivity index (χ4n) is 3.86. The van der Waals surface area contributed by atoms with Crippen LogP contribution in [0.2, 0.25) is 0 Å². The summed E-state index contributed by atoms with van der Waals surface area (Å²) in [4.78, 5) is 19.8. The summed E-state index contributed by atoms with van der Waals surface area (Å²) in [5.41, 5.74) is 2.22. The van der Waals surface area contributed by atoms with Gasteiger partial charge in [-0.05, 0) is 42.9 Å². The highest BCUT2D eigenvalue weighted by Crippen LogP contribution is 2.33. The summed E-state index contributed by atoms with van der Waals surface area (Å²) >= 11 is 1.62. The van der Waals surface area contributed by atoms with Crippen LogP contribution in [0.5, 0.6) is 5.75 Å². The number of carbonyl (C=O) groups is 1. The molecule has 0 saturated carbocycles. The third kappa shape index (κ3) is 3.56. The molecule has 1 N–H and O–H groups in total. The summed E-state index contributed by atoms with van der Waals surface area (Å²) in [7, 11) is 3.58. The lowest BCUT2D eigenvalue weighted by atomic mass is 9.90. The van der Waals surface area contributed by atoms with Gasteiger partial charge < -0.3 is 14.6 Å². The van der Waals surface area contributed by atoms with E-state index in [0.29, 0.717) is 5.92 Å². The molecule has 1 aliphatic carbocycles. The van der Waals surface area contributed by atoms with Crippen LogP contribution in [0.25, 0.3) is 0 Å². The van der Waals surface area contributed by atoms with Crippen molar-refractivity contribution in [2.24, 2.45) is 13.0 Å². The van der Waals surface area contributed by atoms with E-state index in [1.54, 1.807) is 24.6 Å². The monoisotopic (exact) mass is 395 g/mol. The fraction of sp³-hybridized carbons (Fsp3) is 0.364. The van der Waals surface area contributed by atoms with Gasteiger partial charge in [0.1, 0.15) is 17.6 Å². The van der Waals surface area contributed by atoms with E-state index in [-0.39, 0.29) is 11.9 Å². The normalized spacial score (nSPS) is 17.0. The first-order valence-electron chi connectivity index (χ1n) is 9.59. The minimum atomic E-state index is -0.387. The zero-order valence-electron chi connectivity index (χ0n) is 16.4. The third-order valence-electron chi connectivity index (χ3n) is 5.40. The van der Waals surface area contributed by atoms with Crippen molar-refractivity contribution in [3.63, 3.8) is 0 Å². The molecule has 146 valence electrons. The van der Waals surface area contributed by atoms with Gasteiger partial charge in [0.25, 0.3) is 5.91 Å². The molecule has 6 heteroatoms. The number of hydrogen-bond donors (Lipinski definition) is 1. The van der Waals surface area contributed by atoms with Gasteiger partial charge in [0, 0.05) is 29.9 Å². The Morgan fingerprint density at radius 2 is 2.21 bits per heavy atom. The lowest BCUT2D eigenvalue weighted by Crippen LogP contribution is -2.31. The number of fused-ring (bicyclic) bond motifs is 1. The smallest absolute Gasteiger partial charge is 0.262 e. The molecule has 2 aromatic heterocycles. The van der Waals surface area contributed by atoms with Gasteiger partial charge in [0.15, 0.2) is 0 Å². The average Bonchev–Trinajstić information content (AvgIpc) is 3.31. The highest BCUT2D eigenvalue weighted by atomic mass is 32.1. The molecule has 0 aliphatic heterocycles. The standard InChI is InChI=1S/C22H25N3O2S/c1-14-8-9-18-15(12-14)13-19(28-18)22(26)24-20(21-23-10-11-25(21)2)16-6-4-5-7-17(16)27-3/h4-7,10-11,13-14,20H,8-9,12H2,1-3H3,(H,24,26). The molecule has 4 rings (SSSR count). The maximum atomic E-state index is 13.2. The van der Waals surface area contributed by atoms with Crippen LogP contribution in [0.1, 0.15) is 50.9 Å². The zero-order chi connectivity index (χ0) is 19.7. The second-order valence-electron chi connectivity index (χ2n) is 7.45. The Hall–Kier alpha value is -2.60. The first-order valence-corrected chi connectivity index (χ1v) is 10.4. The second-order valence-corrected chi connectivity index (χ2v) is 8.59. The Morgan fingerprint density at radius 1 is 1.39 bits per heavy atom. The van der Waals surface area contributed by atoms with E-state index in [1.807, 2.05) is 42.1 Å². The minimum Gasteiger partial charge on any atom is -0.496 e. The first-order chi connectivity index (χ1) is 13.6. The molecule has 2 heterocycles. The van der Waals surface area contributed by atoms with Gasteiger partial charge in [-0.25, -0.2) is 4.98 Å². The van der Waals surface area contributed by atoms with Crippen LogP contribution in [0, 0.1) is 5.92 Å². The van der Waals surface area contributed by atoms with Crippen LogP contribution >= 0.6 is 11.3 Å². The van der Waals surface area contributed by atoms with Crippen molar-refractivity contribution in [2.45, 2.75) is 32.2 Å². The average molecular weight is 396 g/mol. The SMILES string of the molecule is COc1ccccc1C(NC(=O)c1cc2c(s1)CCC(C)C2)c1nccn1C. The lowest BCUT2D eigenvalue weighted by molar-refractivity contribution is 0.0945. The molecule has 0 radical (unpaired) electrons. The molecule has 1 amide bonds. The molecule has 1 aliphatic rings. The first kappa shape index (κ1) is 18.7. The van der Waals surface area contributed by atoms with Crippen molar-refractivity contribution >= 4 is 17.2 Å². The number of nitrogens with one attached hydrogen (secondary N) is 1. The molecule has 0 bridgehead atoms. The molecular formula is C22H25N3O2S. The van der Waals surface area contributed by atoms with E-state index in [4.69, 9.17) is 4.74 Å². The van der Waals surface area contributed by atoms with E-state index in [0.717, 1.165) is 34.9 Å². The van der Waals surface area contributed by atoms with Gasteiger partial charge in [0.2, 0.25) is 0 Å². The highest BCUT2D eigenvalue weighted by Gasteiger charge is 2.26. The van der Waals surface area contributed by atoms with Crippen LogP contribution in [-0.2, 0) is 19.9 Å². The number of aromatic nitrogens is 2. The number of carbonyl (C=O) groups excluding carboxylic acids is 1. The van der Waals surface area contributed by atoms with Crippen LogP contribution in [0.15, 0.2) is 42.7 Å². The predicted molar refractivity (Wildman–Crippen MR) is 111 cm³/mol. The minimum absolute atomic E-state index is 0.0639. The van der Waals surface area contributed by atoms with Crippen LogP contribution in [0.4, 0.5) is 0 Å². The maximum absolute atomic E-state index is 13.2. The third-order valence-corrected chi connectivity index (χ3v) is 6.63. The van der Waals surface area contributed by atoms with Gasteiger partial charge in [-0.15, -0.1) is 11.3 Å². The Kier molecular flexibility index (Phi) is 5.22. The van der Waals surface area contributed by atoms with Crippen molar-refractivity contribution in [1.82, 2.24) is 14.9 Å². The molecule has 5 nitrogen and oxygen atoms in total. The summed E-state index contributed by atoms with van der Waals surface area (Å²) in [5, 5.41) is 3.20. The predicted octanol–water partition coefficient (Wildman–Crippen LogP) is 4.13. The highest BCUT2D eigenvalue weighted by molar-refractivity contribution is 7.14. The van der Waals surface area contributed by atoms with Crippen LogP contribution < -0.4 is 10.1 Å². The van der Waals surface area contributed by atoms with Crippen molar-refractivity contribution in [3.05, 3.63) is 69.4 Å². The van der Waals surface area contributed by atoms with E-state index < -0.39 is 0 Å². The molecule has 1 aromatic carbocycles. The van der Waals surface area contributed by atoms with E-state index in [2.05, 4.69) is 23.3 Å². The number of thiophene rings is 1. The number of para-hydroxylation sites is 1. The molecule has 0 saturated heterocycles. The number of methoxy groups -OCH3 is 1. The Labute approximate surface area is 169 Å². The van der Waals surface area contributed by atoms with Gasteiger partial charge in [-0.3, -0.25) is 4.79 Å². The summed E-state index contributed by atoms with van der Waals surface area (Å²) in [6.07, 6.45) is 6.97. The van der Waals surface area contributed by atoms with E-state index in [9.17, 15) is 4.79 Å². The van der Waals surface area contributed by atoms with Gasteiger partial charge in [0.05, 0.1) is 12.0 Å². The maximum Gasteiger partial charge on any atom is 0.262 e. The molecule has 3 aromatic rings. The number of aryl methyl sites for hydroxylation is 2. The van der Waals surface area contributed by atoms with Crippen molar-refractivity contribution < 1.29 is 9.53 Å². The molecule has 2 unspecified atom stereocenters. The Morgan fingerprint density at radius 3 is 2.96 bits per heavy atom. The van der Waals surface area contributed by atoms with E-state index >= 15 is 0 Å². The topological polar surface area (TPSA) is 56.1 Å². The van der Waals surface area contributed by atoms with Crippen LogP contribution in [0.3, 0.4) is 0 Å². The molecular weight excluding hydrogens is 370 g/mol. The summed E-state index contributed by atoms with van der Waals surface area (Å²) in [6.45, 7) is 2.28. The Bertz CT molecular complexity index is 991. The number of amides is 1. The molecule has 2 atom stereocenters. The lowest BCUT2D eigenvalue weighted by Gasteiger charge is -2.21. The van der Waals surface area contributed by atoms with E-state index in [1.165, 1.54) is 16.9 Å². The largest absolute Gasteiger partial charge is 0.496 e. The van der Waals surface area contributed by atoms with Gasteiger partial charge >= 0.3 is 0 Å². The quantitative estimate of drug-likeness (QED) is 0.707. The molecule has 28 heavy (non-hydrogen) atoms. The van der Waals surface area contributed by atoms with Crippen molar-refractivity contribution in [2.75, 3.05) is 7.11 Å². The van der Waals surface area contributed by atoms with Crippen LogP contribution in [-0.4, -0.2) is 22.6 Å². The number of hydrogen-bond acceptors (Lipinski definition) is 4. The summed E-state index contributed by atoms with van der Waals surface area (Å²) < 4.78 is 7.47. The van der Waals surface area contributed by atoms with Gasteiger partial charge in [-0.2, -0.15) is 0 Å². The molecule has 0 fully saturated rings. The number of benzene rings is 1. The molecule has 0 spiro atoms. The zero-order valence-corrected chi connectivity index (χ0v) is 17.3. The number of ether oxygens (including phenoxy) is 1. The Balaban J connectivity index is 1.67. The second kappa shape index (κ2) is 7.80. The van der Waals surface area contributed by atoms with Crippen molar-refractivity contribution in [3.8, 4) is 5.75 Å². The fourth-order valence-corrected chi connectivity index (χ4v) is 4.97. The number of imidazole rings is 1. The number of rotatable bonds is 5. The van der Waals surface area contributed by atoms with Crippen molar-refractivity contribution in [1.29, 1.82) is 0 Å². The number of nitrogens with zero attached hydrogens (tertiary/aromatic N) is 2. The summed E-state index contributed by atoms with van der Waals surface area (Å²) in [5.74, 6) is 2.13.